The van der Waals surface area contributed by atoms with E-state index in [2.05, 4.69) is 26.2 Å². The molecule has 0 unspecified atom stereocenters. The van der Waals surface area contributed by atoms with E-state index >= 15 is 0 Å². The average molecular weight is 378 g/mol. The molecule has 0 spiro atoms. The average Bonchev–Trinajstić information content (AvgIpc) is 2.44. The SMILES string of the molecule is CNc1cc(S(=O)(=O)Nc2cc(F)c(Br)cc2F)ccn1. The topological polar surface area (TPSA) is 71.1 Å². The quantitative estimate of drug-likeness (QED) is 0.803. The van der Waals surface area contributed by atoms with Gasteiger partial charge in [-0.1, -0.05) is 0 Å². The summed E-state index contributed by atoms with van der Waals surface area (Å²) in [6.45, 7) is 0. The Morgan fingerprint density at radius 1 is 1.19 bits per heavy atom. The van der Waals surface area contributed by atoms with Crippen molar-refractivity contribution in [2.24, 2.45) is 0 Å². The Morgan fingerprint density at radius 3 is 2.57 bits per heavy atom. The lowest BCUT2D eigenvalue weighted by atomic mass is 10.3. The lowest BCUT2D eigenvalue weighted by molar-refractivity contribution is 0.591. The van der Waals surface area contributed by atoms with E-state index < -0.39 is 27.3 Å². The lowest BCUT2D eigenvalue weighted by Crippen LogP contribution is -2.14. The number of sulfonamides is 1. The second-order valence-corrected chi connectivity index (χ2v) is 6.52. The Hall–Kier alpha value is -1.74. The van der Waals surface area contributed by atoms with Gasteiger partial charge in [0.05, 0.1) is 15.1 Å². The maximum atomic E-state index is 13.7. The Labute approximate surface area is 128 Å². The van der Waals surface area contributed by atoms with Crippen LogP contribution in [0.2, 0.25) is 0 Å². The number of nitrogens with zero attached hydrogens (tertiary/aromatic N) is 1. The number of anilines is 2. The summed E-state index contributed by atoms with van der Waals surface area (Å²) in [6.07, 6.45) is 1.29. The number of aromatic nitrogens is 1. The molecule has 5 nitrogen and oxygen atoms in total. The van der Waals surface area contributed by atoms with Crippen molar-refractivity contribution in [1.82, 2.24) is 4.98 Å². The van der Waals surface area contributed by atoms with Gasteiger partial charge in [-0.15, -0.1) is 0 Å². The molecule has 9 heteroatoms. The van der Waals surface area contributed by atoms with Crippen molar-refractivity contribution in [1.29, 1.82) is 0 Å². The minimum Gasteiger partial charge on any atom is -0.373 e. The molecule has 21 heavy (non-hydrogen) atoms. The smallest absolute Gasteiger partial charge is 0.262 e. The van der Waals surface area contributed by atoms with Crippen LogP contribution >= 0.6 is 15.9 Å². The molecule has 0 aliphatic heterocycles. The Balaban J connectivity index is 2.39. The van der Waals surface area contributed by atoms with Crippen molar-refractivity contribution in [3.8, 4) is 0 Å². The van der Waals surface area contributed by atoms with Gasteiger partial charge in [0, 0.05) is 25.4 Å². The summed E-state index contributed by atoms with van der Waals surface area (Å²) in [5, 5.41) is 2.69. The van der Waals surface area contributed by atoms with Gasteiger partial charge < -0.3 is 5.32 Å². The fourth-order valence-electron chi connectivity index (χ4n) is 1.52. The summed E-state index contributed by atoms with van der Waals surface area (Å²) in [7, 11) is -2.47. The third-order valence-electron chi connectivity index (χ3n) is 2.55. The van der Waals surface area contributed by atoms with E-state index in [-0.39, 0.29) is 9.37 Å². The van der Waals surface area contributed by atoms with E-state index in [9.17, 15) is 17.2 Å². The number of pyridine rings is 1. The molecule has 2 rings (SSSR count). The first kappa shape index (κ1) is 15.6. The normalized spacial score (nSPS) is 11.2. The molecule has 0 radical (unpaired) electrons. The molecule has 0 saturated carbocycles. The van der Waals surface area contributed by atoms with Gasteiger partial charge in [0.25, 0.3) is 10.0 Å². The monoisotopic (exact) mass is 377 g/mol. The number of hydrogen-bond donors (Lipinski definition) is 2. The van der Waals surface area contributed by atoms with Gasteiger partial charge >= 0.3 is 0 Å². The molecule has 2 aromatic rings. The Bertz CT molecular complexity index is 784. The fraction of sp³-hybridized carbons (Fsp3) is 0.0833. The molecule has 1 heterocycles. The van der Waals surface area contributed by atoms with Crippen molar-refractivity contribution in [3.05, 3.63) is 46.6 Å². The summed E-state index contributed by atoms with van der Waals surface area (Å²) >= 11 is 2.81. The number of nitrogens with one attached hydrogen (secondary N) is 2. The highest BCUT2D eigenvalue weighted by molar-refractivity contribution is 9.10. The molecule has 1 aromatic heterocycles. The second kappa shape index (κ2) is 5.94. The van der Waals surface area contributed by atoms with Crippen LogP contribution in [0.25, 0.3) is 0 Å². The molecule has 0 atom stereocenters. The van der Waals surface area contributed by atoms with Crippen LogP contribution in [0.4, 0.5) is 20.3 Å². The zero-order valence-electron chi connectivity index (χ0n) is 10.7. The van der Waals surface area contributed by atoms with E-state index in [4.69, 9.17) is 0 Å². The molecule has 0 amide bonds. The van der Waals surface area contributed by atoms with Crippen LogP contribution in [-0.4, -0.2) is 20.4 Å². The van der Waals surface area contributed by atoms with Crippen LogP contribution < -0.4 is 10.0 Å². The van der Waals surface area contributed by atoms with E-state index in [0.717, 1.165) is 12.1 Å². The highest BCUT2D eigenvalue weighted by atomic mass is 79.9. The molecule has 2 N–H and O–H groups in total. The minimum atomic E-state index is -4.05. The second-order valence-electron chi connectivity index (χ2n) is 3.98. The molecule has 0 fully saturated rings. The minimum absolute atomic E-state index is 0.0932. The van der Waals surface area contributed by atoms with Gasteiger partial charge in [0.15, 0.2) is 0 Å². The summed E-state index contributed by atoms with van der Waals surface area (Å²) in [6, 6.07) is 4.13. The highest BCUT2D eigenvalue weighted by Crippen LogP contribution is 2.25. The van der Waals surface area contributed by atoms with E-state index in [1.165, 1.54) is 18.3 Å². The summed E-state index contributed by atoms with van der Waals surface area (Å²) in [5.74, 6) is -1.34. The summed E-state index contributed by atoms with van der Waals surface area (Å²) < 4.78 is 53.3. The van der Waals surface area contributed by atoms with Crippen LogP contribution in [0.3, 0.4) is 0 Å². The summed E-state index contributed by atoms with van der Waals surface area (Å²) in [4.78, 5) is 3.76. The number of rotatable bonds is 4. The molecular formula is C12H10BrF2N3O2S. The molecule has 112 valence electrons. The van der Waals surface area contributed by atoms with Gasteiger partial charge in [-0.2, -0.15) is 0 Å². The Morgan fingerprint density at radius 2 is 1.90 bits per heavy atom. The van der Waals surface area contributed by atoms with Crippen molar-refractivity contribution >= 4 is 37.5 Å². The van der Waals surface area contributed by atoms with Crippen molar-refractivity contribution in [3.63, 3.8) is 0 Å². The lowest BCUT2D eigenvalue weighted by Gasteiger charge is -2.10. The maximum absolute atomic E-state index is 13.7. The number of benzene rings is 1. The predicted molar refractivity (Wildman–Crippen MR) is 78.7 cm³/mol. The molecule has 0 bridgehead atoms. The maximum Gasteiger partial charge on any atom is 0.262 e. The number of halogens is 3. The van der Waals surface area contributed by atoms with Crippen molar-refractivity contribution < 1.29 is 17.2 Å². The third-order valence-corrected chi connectivity index (χ3v) is 4.52. The van der Waals surface area contributed by atoms with Gasteiger partial charge in [-0.3, -0.25) is 4.72 Å². The largest absolute Gasteiger partial charge is 0.373 e. The first-order valence-corrected chi connectivity index (χ1v) is 7.92. The summed E-state index contributed by atoms with van der Waals surface area (Å²) in [5.41, 5.74) is -0.474. The third kappa shape index (κ3) is 3.48. The molecule has 1 aromatic carbocycles. The van der Waals surface area contributed by atoms with Crippen LogP contribution in [0, 0.1) is 11.6 Å². The Kier molecular flexibility index (Phi) is 4.43. The van der Waals surface area contributed by atoms with Gasteiger partial charge in [-0.05, 0) is 28.1 Å². The van der Waals surface area contributed by atoms with E-state index in [1.54, 1.807) is 7.05 Å². The molecular weight excluding hydrogens is 368 g/mol. The zero-order valence-corrected chi connectivity index (χ0v) is 13.1. The number of hydrogen-bond acceptors (Lipinski definition) is 4. The van der Waals surface area contributed by atoms with Crippen molar-refractivity contribution in [2.45, 2.75) is 4.90 Å². The van der Waals surface area contributed by atoms with Crippen LogP contribution in [-0.2, 0) is 10.0 Å². The van der Waals surface area contributed by atoms with Crippen molar-refractivity contribution in [2.75, 3.05) is 17.1 Å². The van der Waals surface area contributed by atoms with Crippen LogP contribution in [0.1, 0.15) is 0 Å². The van der Waals surface area contributed by atoms with Gasteiger partial charge in [0.1, 0.15) is 17.5 Å². The van der Waals surface area contributed by atoms with Crippen LogP contribution in [0.15, 0.2) is 39.8 Å². The first-order chi connectivity index (χ1) is 9.83. The van der Waals surface area contributed by atoms with E-state index in [1.807, 2.05) is 4.72 Å². The van der Waals surface area contributed by atoms with Crippen LogP contribution in [0.5, 0.6) is 0 Å². The standard InChI is InChI=1S/C12H10BrF2N3O2S/c1-16-12-4-7(2-3-17-12)21(19,20)18-11-6-9(14)8(13)5-10(11)15/h2-6,18H,1H3,(H,16,17). The zero-order chi connectivity index (χ0) is 15.6. The van der Waals surface area contributed by atoms with E-state index in [0.29, 0.717) is 5.82 Å². The molecule has 0 saturated heterocycles. The van der Waals surface area contributed by atoms with Gasteiger partial charge in [-0.25, -0.2) is 22.2 Å². The van der Waals surface area contributed by atoms with Gasteiger partial charge in [0.2, 0.25) is 0 Å². The predicted octanol–water partition coefficient (Wildman–Crippen LogP) is 2.96. The fourth-order valence-corrected chi connectivity index (χ4v) is 2.91. The molecule has 0 aliphatic rings. The highest BCUT2D eigenvalue weighted by Gasteiger charge is 2.18. The molecule has 0 aliphatic carbocycles. The first-order valence-electron chi connectivity index (χ1n) is 5.64.